The molecule has 1 amide bonds. The van der Waals surface area contributed by atoms with Gasteiger partial charge in [-0.05, 0) is 43.2 Å². The smallest absolute Gasteiger partial charge is 0.311 e. The number of aromatic hydroxyl groups is 1. The zero-order valence-electron chi connectivity index (χ0n) is 13.7. The Morgan fingerprint density at radius 2 is 2.08 bits per heavy atom. The molecule has 8 nitrogen and oxygen atoms in total. The van der Waals surface area contributed by atoms with Crippen LogP contribution in [0, 0.1) is 24.0 Å². The Hall–Kier alpha value is -3.42. The van der Waals surface area contributed by atoms with Crippen LogP contribution >= 0.6 is 0 Å². The molecule has 0 radical (unpaired) electrons. The van der Waals surface area contributed by atoms with Crippen LogP contribution in [-0.2, 0) is 4.79 Å². The van der Waals surface area contributed by atoms with E-state index >= 15 is 0 Å². The molecule has 0 aliphatic heterocycles. The van der Waals surface area contributed by atoms with Crippen LogP contribution in [0.3, 0.4) is 0 Å². The Bertz CT molecular complexity index is 833. The minimum absolute atomic E-state index is 0.115. The number of nitro groups is 1. The molecular weight excluding hydrogens is 326 g/mol. The zero-order valence-corrected chi connectivity index (χ0v) is 13.7. The predicted molar refractivity (Wildman–Crippen MR) is 91.9 cm³/mol. The number of phenolic OH excluding ortho intramolecular Hbond substituents is 1. The molecule has 25 heavy (non-hydrogen) atoms. The van der Waals surface area contributed by atoms with Crippen LogP contribution in [-0.4, -0.2) is 28.8 Å². The maximum absolute atomic E-state index is 11.7. The van der Waals surface area contributed by atoms with Crippen LogP contribution in [0.15, 0.2) is 41.5 Å². The molecular formula is C17H17N3O5. The van der Waals surface area contributed by atoms with Crippen molar-refractivity contribution >= 4 is 17.8 Å². The molecule has 0 spiro atoms. The van der Waals surface area contributed by atoms with Crippen LogP contribution in [0.1, 0.15) is 16.7 Å². The molecule has 0 bridgehead atoms. The first-order valence-corrected chi connectivity index (χ1v) is 7.37. The summed E-state index contributed by atoms with van der Waals surface area (Å²) in [5, 5.41) is 24.1. The van der Waals surface area contributed by atoms with E-state index in [2.05, 4.69) is 10.5 Å². The topological polar surface area (TPSA) is 114 Å². The highest BCUT2D eigenvalue weighted by Gasteiger charge is 2.15. The number of para-hydroxylation sites is 1. The van der Waals surface area contributed by atoms with Gasteiger partial charge in [0.25, 0.3) is 5.91 Å². The number of nitrogens with zero attached hydrogens (tertiary/aromatic N) is 2. The molecule has 0 aromatic heterocycles. The van der Waals surface area contributed by atoms with Gasteiger partial charge in [0.15, 0.2) is 6.61 Å². The number of nitro benzene ring substituents is 1. The van der Waals surface area contributed by atoms with E-state index in [4.69, 9.17) is 4.74 Å². The van der Waals surface area contributed by atoms with E-state index in [1.54, 1.807) is 6.07 Å². The summed E-state index contributed by atoms with van der Waals surface area (Å²) in [7, 11) is 0. The summed E-state index contributed by atoms with van der Waals surface area (Å²) >= 11 is 0. The van der Waals surface area contributed by atoms with Gasteiger partial charge in [0, 0.05) is 11.6 Å². The van der Waals surface area contributed by atoms with Gasteiger partial charge in [-0.15, -0.1) is 0 Å². The third kappa shape index (κ3) is 4.77. The van der Waals surface area contributed by atoms with Gasteiger partial charge < -0.3 is 9.84 Å². The molecule has 2 aromatic carbocycles. The van der Waals surface area contributed by atoms with Gasteiger partial charge in [0.05, 0.1) is 11.1 Å². The lowest BCUT2D eigenvalue weighted by molar-refractivity contribution is -0.385. The summed E-state index contributed by atoms with van der Waals surface area (Å²) in [5.74, 6) is -0.449. The Morgan fingerprint density at radius 1 is 1.32 bits per heavy atom. The largest absolute Gasteiger partial charge is 0.502 e. The number of carbonyl (C=O) groups excluding carboxylic acids is 1. The fourth-order valence-electron chi connectivity index (χ4n) is 1.96. The molecule has 2 N–H and O–H groups in total. The number of carbonyl (C=O) groups is 1. The van der Waals surface area contributed by atoms with E-state index in [0.717, 1.165) is 17.3 Å². The second-order valence-electron chi connectivity index (χ2n) is 5.30. The lowest BCUT2D eigenvalue weighted by Crippen LogP contribution is -2.24. The quantitative estimate of drug-likeness (QED) is 0.475. The second-order valence-corrected chi connectivity index (χ2v) is 5.30. The monoisotopic (exact) mass is 343 g/mol. The van der Waals surface area contributed by atoms with Gasteiger partial charge in [-0.25, -0.2) is 5.43 Å². The fraction of sp³-hybridized carbons (Fsp3) is 0.176. The maximum atomic E-state index is 11.7. The van der Waals surface area contributed by atoms with Crippen molar-refractivity contribution in [2.45, 2.75) is 13.8 Å². The summed E-state index contributed by atoms with van der Waals surface area (Å²) in [6.45, 7) is 3.68. The van der Waals surface area contributed by atoms with Crippen molar-refractivity contribution in [2.24, 2.45) is 5.10 Å². The first kappa shape index (κ1) is 17.9. The van der Waals surface area contributed by atoms with Crippen molar-refractivity contribution in [3.8, 4) is 11.5 Å². The summed E-state index contributed by atoms with van der Waals surface area (Å²) in [6.07, 6.45) is 1.12. The number of amides is 1. The van der Waals surface area contributed by atoms with E-state index in [1.165, 1.54) is 18.2 Å². The molecule has 0 heterocycles. The van der Waals surface area contributed by atoms with Crippen LogP contribution in [0.25, 0.3) is 0 Å². The minimum atomic E-state index is -0.706. The molecule has 0 unspecified atom stereocenters. The van der Waals surface area contributed by atoms with Gasteiger partial charge in [-0.3, -0.25) is 14.9 Å². The zero-order chi connectivity index (χ0) is 18.4. The number of rotatable bonds is 6. The maximum Gasteiger partial charge on any atom is 0.311 e. The normalized spacial score (nSPS) is 10.6. The molecule has 0 aliphatic rings. The summed E-state index contributed by atoms with van der Waals surface area (Å²) in [6, 6.07) is 9.49. The number of aryl methyl sites for hydroxylation is 2. The van der Waals surface area contributed by atoms with Gasteiger partial charge in [-0.2, -0.15) is 5.10 Å². The van der Waals surface area contributed by atoms with Crippen LogP contribution < -0.4 is 10.2 Å². The lowest BCUT2D eigenvalue weighted by atomic mass is 10.1. The van der Waals surface area contributed by atoms with Crippen LogP contribution in [0.5, 0.6) is 11.5 Å². The Kier molecular flexibility index (Phi) is 5.67. The van der Waals surface area contributed by atoms with Crippen molar-refractivity contribution in [3.05, 3.63) is 63.2 Å². The van der Waals surface area contributed by atoms with Gasteiger partial charge in [-0.1, -0.05) is 12.1 Å². The van der Waals surface area contributed by atoms with E-state index in [-0.39, 0.29) is 12.2 Å². The number of phenols is 1. The fourth-order valence-corrected chi connectivity index (χ4v) is 1.96. The number of hydrazone groups is 1. The average Bonchev–Trinajstić information content (AvgIpc) is 2.57. The molecule has 130 valence electrons. The van der Waals surface area contributed by atoms with Crippen molar-refractivity contribution < 1.29 is 19.6 Å². The molecule has 0 atom stereocenters. The first-order valence-electron chi connectivity index (χ1n) is 7.37. The van der Waals surface area contributed by atoms with E-state index in [1.807, 2.05) is 26.0 Å². The van der Waals surface area contributed by atoms with Gasteiger partial charge >= 0.3 is 5.69 Å². The predicted octanol–water partition coefficient (Wildman–Crippen LogP) is 2.45. The van der Waals surface area contributed by atoms with Gasteiger partial charge in [0.1, 0.15) is 5.75 Å². The number of ether oxygens (including phenoxy) is 1. The van der Waals surface area contributed by atoms with Crippen molar-refractivity contribution in [1.29, 1.82) is 0 Å². The molecule has 0 fully saturated rings. The summed E-state index contributed by atoms with van der Waals surface area (Å²) in [5.41, 5.74) is 4.08. The number of hydrogen-bond acceptors (Lipinski definition) is 6. The first-order chi connectivity index (χ1) is 11.9. The van der Waals surface area contributed by atoms with E-state index < -0.39 is 22.3 Å². The molecule has 0 saturated heterocycles. The summed E-state index contributed by atoms with van der Waals surface area (Å²) in [4.78, 5) is 21.7. The third-order valence-electron chi connectivity index (χ3n) is 3.48. The van der Waals surface area contributed by atoms with E-state index in [9.17, 15) is 20.0 Å². The number of benzene rings is 2. The molecule has 2 aromatic rings. The average molecular weight is 343 g/mol. The molecule has 0 saturated carbocycles. The molecule has 8 heteroatoms. The highest BCUT2D eigenvalue weighted by Crippen LogP contribution is 2.27. The Labute approximate surface area is 143 Å². The standard InChI is InChI=1S/C17H17N3O5/c1-11-6-7-14(8-12(11)2)25-10-16(21)19-18-9-13-4-3-5-15(17(13)22)20(23)24/h3-9,22H,10H2,1-2H3,(H,19,21)/b18-9-. The van der Waals surface area contributed by atoms with Crippen molar-refractivity contribution in [2.75, 3.05) is 6.61 Å². The summed E-state index contributed by atoms with van der Waals surface area (Å²) < 4.78 is 5.36. The Morgan fingerprint density at radius 3 is 2.76 bits per heavy atom. The third-order valence-corrected chi connectivity index (χ3v) is 3.48. The second kappa shape index (κ2) is 7.91. The van der Waals surface area contributed by atoms with Crippen molar-refractivity contribution in [3.63, 3.8) is 0 Å². The number of hydrogen-bond donors (Lipinski definition) is 2. The Balaban J connectivity index is 1.91. The minimum Gasteiger partial charge on any atom is -0.502 e. The van der Waals surface area contributed by atoms with E-state index in [0.29, 0.717) is 5.75 Å². The molecule has 0 aliphatic carbocycles. The number of nitrogens with one attached hydrogen (secondary N) is 1. The highest BCUT2D eigenvalue weighted by molar-refractivity contribution is 5.87. The molecule has 2 rings (SSSR count). The van der Waals surface area contributed by atoms with Crippen LogP contribution in [0.4, 0.5) is 5.69 Å². The van der Waals surface area contributed by atoms with Crippen molar-refractivity contribution in [1.82, 2.24) is 5.43 Å². The highest BCUT2D eigenvalue weighted by atomic mass is 16.6. The SMILES string of the molecule is Cc1ccc(OCC(=O)N/N=C\c2cccc([N+](=O)[O-])c2O)cc1C. The van der Waals surface area contributed by atoms with Crippen LogP contribution in [0.2, 0.25) is 0 Å². The van der Waals surface area contributed by atoms with Gasteiger partial charge in [0.2, 0.25) is 5.75 Å². The lowest BCUT2D eigenvalue weighted by Gasteiger charge is -2.07.